The molecule has 0 amide bonds. The van der Waals surface area contributed by atoms with E-state index in [1.54, 1.807) is 7.11 Å². The summed E-state index contributed by atoms with van der Waals surface area (Å²) in [6, 6.07) is 7.97. The molecule has 2 atom stereocenters. The van der Waals surface area contributed by atoms with E-state index in [1.165, 1.54) is 25.7 Å². The third kappa shape index (κ3) is 5.51. The summed E-state index contributed by atoms with van der Waals surface area (Å²) in [7, 11) is 1.67. The van der Waals surface area contributed by atoms with E-state index in [9.17, 15) is 0 Å². The molecule has 2 unspecified atom stereocenters. The average Bonchev–Trinajstić information content (AvgIpc) is 2.51. The van der Waals surface area contributed by atoms with Crippen LogP contribution in [0.25, 0.3) is 0 Å². The predicted octanol–water partition coefficient (Wildman–Crippen LogP) is 3.93. The van der Waals surface area contributed by atoms with E-state index in [4.69, 9.17) is 15.2 Å². The molecule has 0 aliphatic rings. The molecule has 114 valence electrons. The minimum absolute atomic E-state index is 0.0171. The minimum Gasteiger partial charge on any atom is -0.497 e. The highest BCUT2D eigenvalue weighted by Gasteiger charge is 2.13. The van der Waals surface area contributed by atoms with Gasteiger partial charge in [-0.3, -0.25) is 0 Å². The molecule has 0 spiro atoms. The lowest BCUT2D eigenvalue weighted by molar-refractivity contribution is 0.0299. The first-order chi connectivity index (χ1) is 9.74. The van der Waals surface area contributed by atoms with Crippen LogP contribution < -0.4 is 10.5 Å². The minimum atomic E-state index is -0.0171. The van der Waals surface area contributed by atoms with Gasteiger partial charge in [0.15, 0.2) is 0 Å². The molecule has 0 aliphatic carbocycles. The predicted molar refractivity (Wildman–Crippen MR) is 84.0 cm³/mol. The second kappa shape index (κ2) is 9.78. The van der Waals surface area contributed by atoms with Crippen molar-refractivity contribution in [1.82, 2.24) is 0 Å². The van der Waals surface area contributed by atoms with E-state index in [0.29, 0.717) is 12.5 Å². The van der Waals surface area contributed by atoms with Crippen molar-refractivity contribution in [3.63, 3.8) is 0 Å². The first-order valence-electron chi connectivity index (χ1n) is 7.70. The molecule has 2 N–H and O–H groups in total. The van der Waals surface area contributed by atoms with E-state index in [-0.39, 0.29) is 6.10 Å². The van der Waals surface area contributed by atoms with Gasteiger partial charge in [0.2, 0.25) is 0 Å². The maximum Gasteiger partial charge on any atom is 0.118 e. The maximum atomic E-state index is 6.04. The monoisotopic (exact) mass is 279 g/mol. The summed E-state index contributed by atoms with van der Waals surface area (Å²) in [6.07, 6.45) is 4.91. The number of benzene rings is 1. The van der Waals surface area contributed by atoms with Gasteiger partial charge < -0.3 is 15.2 Å². The first kappa shape index (κ1) is 17.0. The van der Waals surface area contributed by atoms with Gasteiger partial charge in [0, 0.05) is 6.54 Å². The van der Waals surface area contributed by atoms with Crippen molar-refractivity contribution in [3.8, 4) is 5.75 Å². The molecule has 3 heteroatoms. The molecule has 0 saturated heterocycles. The molecule has 0 heterocycles. The molecule has 20 heavy (non-hydrogen) atoms. The van der Waals surface area contributed by atoms with Crippen molar-refractivity contribution in [2.75, 3.05) is 20.3 Å². The Hall–Kier alpha value is -1.06. The molecule has 0 aromatic heterocycles. The van der Waals surface area contributed by atoms with Crippen LogP contribution in [0.4, 0.5) is 0 Å². The molecule has 0 fully saturated rings. The van der Waals surface area contributed by atoms with Crippen LogP contribution in [-0.2, 0) is 4.74 Å². The second-order valence-electron chi connectivity index (χ2n) is 5.25. The Morgan fingerprint density at radius 1 is 1.15 bits per heavy atom. The lowest BCUT2D eigenvalue weighted by Gasteiger charge is -2.21. The number of unbranched alkanes of at least 4 members (excludes halogenated alkanes) is 1. The molecule has 1 aromatic rings. The number of hydrogen-bond acceptors (Lipinski definition) is 3. The van der Waals surface area contributed by atoms with Crippen LogP contribution in [0.1, 0.15) is 51.2 Å². The van der Waals surface area contributed by atoms with Gasteiger partial charge in [-0.2, -0.15) is 0 Å². The van der Waals surface area contributed by atoms with Gasteiger partial charge in [0.25, 0.3) is 0 Å². The van der Waals surface area contributed by atoms with Gasteiger partial charge in [-0.15, -0.1) is 0 Å². The summed E-state index contributed by atoms with van der Waals surface area (Å²) in [6.45, 7) is 5.77. The van der Waals surface area contributed by atoms with Crippen molar-refractivity contribution in [1.29, 1.82) is 0 Å². The Bertz CT molecular complexity index is 351. The third-order valence-corrected chi connectivity index (χ3v) is 3.78. The first-order valence-corrected chi connectivity index (χ1v) is 7.70. The summed E-state index contributed by atoms with van der Waals surface area (Å²) in [5.74, 6) is 1.50. The van der Waals surface area contributed by atoms with E-state index >= 15 is 0 Å². The van der Waals surface area contributed by atoms with Gasteiger partial charge in [-0.05, 0) is 30.0 Å². The van der Waals surface area contributed by atoms with Crippen LogP contribution in [-0.4, -0.2) is 20.3 Å². The quantitative estimate of drug-likeness (QED) is 0.706. The maximum absolute atomic E-state index is 6.04. The summed E-state index contributed by atoms with van der Waals surface area (Å²) in [5.41, 5.74) is 6.97. The molecule has 0 bridgehead atoms. The van der Waals surface area contributed by atoms with Crippen LogP contribution >= 0.6 is 0 Å². The fraction of sp³-hybridized carbons (Fsp3) is 0.647. The van der Waals surface area contributed by atoms with Crippen LogP contribution in [0.5, 0.6) is 5.75 Å². The van der Waals surface area contributed by atoms with Gasteiger partial charge in [0.05, 0.1) is 19.8 Å². The molecule has 1 aromatic carbocycles. The SMILES string of the molecule is CCCCC(CC)COC(CN)c1ccc(OC)cc1. The van der Waals surface area contributed by atoms with Crippen molar-refractivity contribution >= 4 is 0 Å². The Labute approximate surface area is 123 Å². The fourth-order valence-corrected chi connectivity index (χ4v) is 2.27. The molecule has 0 aliphatic heterocycles. The molecule has 3 nitrogen and oxygen atoms in total. The fourth-order valence-electron chi connectivity index (χ4n) is 2.27. The number of nitrogens with two attached hydrogens (primary N) is 1. The average molecular weight is 279 g/mol. The lowest BCUT2D eigenvalue weighted by atomic mass is 10.0. The smallest absolute Gasteiger partial charge is 0.118 e. The highest BCUT2D eigenvalue weighted by molar-refractivity contribution is 5.28. The van der Waals surface area contributed by atoms with Crippen LogP contribution in [0.15, 0.2) is 24.3 Å². The van der Waals surface area contributed by atoms with Gasteiger partial charge >= 0.3 is 0 Å². The van der Waals surface area contributed by atoms with Gasteiger partial charge in [-0.1, -0.05) is 45.2 Å². The number of methoxy groups -OCH3 is 1. The van der Waals surface area contributed by atoms with Crippen molar-refractivity contribution < 1.29 is 9.47 Å². The third-order valence-electron chi connectivity index (χ3n) is 3.78. The van der Waals surface area contributed by atoms with Crippen LogP contribution in [0.2, 0.25) is 0 Å². The highest BCUT2D eigenvalue weighted by atomic mass is 16.5. The molecule has 0 radical (unpaired) electrons. The molecular weight excluding hydrogens is 250 g/mol. The summed E-state index contributed by atoms with van der Waals surface area (Å²) < 4.78 is 11.2. The van der Waals surface area contributed by atoms with Crippen LogP contribution in [0, 0.1) is 5.92 Å². The van der Waals surface area contributed by atoms with Gasteiger partial charge in [-0.25, -0.2) is 0 Å². The standard InChI is InChI=1S/C17H29NO2/c1-4-6-7-14(5-2)13-20-17(12-18)15-8-10-16(19-3)11-9-15/h8-11,14,17H,4-7,12-13,18H2,1-3H3. The molecular formula is C17H29NO2. The molecule has 0 saturated carbocycles. The Morgan fingerprint density at radius 3 is 2.35 bits per heavy atom. The topological polar surface area (TPSA) is 44.5 Å². The van der Waals surface area contributed by atoms with E-state index in [2.05, 4.69) is 13.8 Å². The molecule has 1 rings (SSSR count). The largest absolute Gasteiger partial charge is 0.497 e. The number of rotatable bonds is 10. The lowest BCUT2D eigenvalue weighted by Crippen LogP contribution is -2.19. The summed E-state index contributed by atoms with van der Waals surface area (Å²) in [5, 5.41) is 0. The Morgan fingerprint density at radius 2 is 1.85 bits per heavy atom. The highest BCUT2D eigenvalue weighted by Crippen LogP contribution is 2.22. The summed E-state index contributed by atoms with van der Waals surface area (Å²) in [4.78, 5) is 0. The Balaban J connectivity index is 2.52. The zero-order valence-electron chi connectivity index (χ0n) is 13.1. The van der Waals surface area contributed by atoms with Gasteiger partial charge in [0.1, 0.15) is 5.75 Å². The summed E-state index contributed by atoms with van der Waals surface area (Å²) >= 11 is 0. The van der Waals surface area contributed by atoms with Crippen LogP contribution in [0.3, 0.4) is 0 Å². The zero-order valence-corrected chi connectivity index (χ0v) is 13.1. The van der Waals surface area contributed by atoms with Crippen molar-refractivity contribution in [2.24, 2.45) is 11.7 Å². The van der Waals surface area contributed by atoms with E-state index in [0.717, 1.165) is 17.9 Å². The normalized spacial score (nSPS) is 14.0. The Kier molecular flexibility index (Phi) is 8.31. The van der Waals surface area contributed by atoms with Crippen molar-refractivity contribution in [2.45, 2.75) is 45.6 Å². The van der Waals surface area contributed by atoms with E-state index in [1.807, 2.05) is 24.3 Å². The van der Waals surface area contributed by atoms with E-state index < -0.39 is 0 Å². The number of hydrogen-bond donors (Lipinski definition) is 1. The zero-order chi connectivity index (χ0) is 14.8. The van der Waals surface area contributed by atoms with Crippen molar-refractivity contribution in [3.05, 3.63) is 29.8 Å². The second-order valence-corrected chi connectivity index (χ2v) is 5.25. The number of ether oxygens (including phenoxy) is 2.